The van der Waals surface area contributed by atoms with E-state index < -0.39 is 0 Å². The number of anilines is 1. The Morgan fingerprint density at radius 3 is 2.91 bits per heavy atom. The van der Waals surface area contributed by atoms with Crippen molar-refractivity contribution in [3.63, 3.8) is 0 Å². The minimum absolute atomic E-state index is 0.213. The maximum absolute atomic E-state index is 6.08. The SMILES string of the molecule is CCOC1CC(N=C(N)Nc2ccccn2)C12CCCCC2. The molecule has 1 spiro atoms. The van der Waals surface area contributed by atoms with Crippen LogP contribution in [0.4, 0.5) is 5.82 Å². The van der Waals surface area contributed by atoms with E-state index in [0.29, 0.717) is 12.1 Å². The van der Waals surface area contributed by atoms with Crippen LogP contribution < -0.4 is 11.1 Å². The first-order chi connectivity index (χ1) is 10.7. The van der Waals surface area contributed by atoms with Crippen LogP contribution in [0.5, 0.6) is 0 Å². The molecule has 2 aliphatic carbocycles. The van der Waals surface area contributed by atoms with Gasteiger partial charge < -0.3 is 15.8 Å². The highest BCUT2D eigenvalue weighted by molar-refractivity contribution is 5.91. The van der Waals surface area contributed by atoms with Crippen molar-refractivity contribution in [3.05, 3.63) is 24.4 Å². The lowest BCUT2D eigenvalue weighted by Crippen LogP contribution is -2.58. The second-order valence-corrected chi connectivity index (χ2v) is 6.34. The third-order valence-electron chi connectivity index (χ3n) is 5.11. The van der Waals surface area contributed by atoms with Crippen molar-refractivity contribution in [2.75, 3.05) is 11.9 Å². The van der Waals surface area contributed by atoms with Gasteiger partial charge in [0.15, 0.2) is 5.96 Å². The second kappa shape index (κ2) is 6.65. The molecule has 22 heavy (non-hydrogen) atoms. The summed E-state index contributed by atoms with van der Waals surface area (Å²) in [6.45, 7) is 2.86. The number of hydrogen-bond acceptors (Lipinski definition) is 3. The molecule has 2 unspecified atom stereocenters. The number of hydrogen-bond donors (Lipinski definition) is 2. The Bertz CT molecular complexity index is 511. The van der Waals surface area contributed by atoms with Gasteiger partial charge in [0.2, 0.25) is 0 Å². The van der Waals surface area contributed by atoms with E-state index in [1.807, 2.05) is 18.2 Å². The van der Waals surface area contributed by atoms with E-state index >= 15 is 0 Å². The maximum atomic E-state index is 6.08. The molecule has 2 atom stereocenters. The standard InChI is InChI=1S/C17H26N4O/c1-2-22-14-12-13(17(14)9-5-3-6-10-17)20-16(18)21-15-8-4-7-11-19-15/h4,7-8,11,13-14H,2-3,5-6,9-10,12H2,1H3,(H3,18,19,20,21). The molecule has 5 heteroatoms. The first-order valence-corrected chi connectivity index (χ1v) is 8.37. The number of aromatic nitrogens is 1. The molecule has 1 heterocycles. The first kappa shape index (κ1) is 15.3. The van der Waals surface area contributed by atoms with Gasteiger partial charge in [0.25, 0.3) is 0 Å². The number of nitrogens with zero attached hydrogens (tertiary/aromatic N) is 2. The monoisotopic (exact) mass is 302 g/mol. The summed E-state index contributed by atoms with van der Waals surface area (Å²) in [5.74, 6) is 1.20. The molecule has 0 bridgehead atoms. The highest BCUT2D eigenvalue weighted by Crippen LogP contribution is 2.54. The van der Waals surface area contributed by atoms with E-state index in [9.17, 15) is 0 Å². The van der Waals surface area contributed by atoms with Crippen LogP contribution in [0, 0.1) is 5.41 Å². The van der Waals surface area contributed by atoms with E-state index in [2.05, 4.69) is 17.2 Å². The molecule has 2 saturated carbocycles. The Kier molecular flexibility index (Phi) is 4.62. The first-order valence-electron chi connectivity index (χ1n) is 8.37. The number of guanidine groups is 1. The molecule has 0 radical (unpaired) electrons. The van der Waals surface area contributed by atoms with E-state index in [-0.39, 0.29) is 11.5 Å². The van der Waals surface area contributed by atoms with Crippen molar-refractivity contribution in [3.8, 4) is 0 Å². The third kappa shape index (κ3) is 2.95. The van der Waals surface area contributed by atoms with Gasteiger partial charge in [-0.2, -0.15) is 0 Å². The van der Waals surface area contributed by atoms with Gasteiger partial charge in [-0.1, -0.05) is 25.3 Å². The highest BCUT2D eigenvalue weighted by Gasteiger charge is 2.55. The summed E-state index contributed by atoms with van der Waals surface area (Å²) >= 11 is 0. The van der Waals surface area contributed by atoms with Crippen LogP contribution in [0.25, 0.3) is 0 Å². The fourth-order valence-corrected chi connectivity index (χ4v) is 3.98. The average molecular weight is 302 g/mol. The van der Waals surface area contributed by atoms with E-state index in [0.717, 1.165) is 18.8 Å². The average Bonchev–Trinajstić information content (AvgIpc) is 2.55. The molecular weight excluding hydrogens is 276 g/mol. The molecule has 2 fully saturated rings. The number of nitrogens with one attached hydrogen (secondary N) is 1. The van der Waals surface area contributed by atoms with Crippen LogP contribution in [0.15, 0.2) is 29.4 Å². The summed E-state index contributed by atoms with van der Waals surface area (Å²) in [5, 5.41) is 3.09. The summed E-state index contributed by atoms with van der Waals surface area (Å²) in [4.78, 5) is 8.97. The molecule has 120 valence electrons. The van der Waals surface area contributed by atoms with Crippen LogP contribution >= 0.6 is 0 Å². The van der Waals surface area contributed by atoms with Crippen molar-refractivity contribution < 1.29 is 4.74 Å². The fourth-order valence-electron chi connectivity index (χ4n) is 3.98. The van der Waals surface area contributed by atoms with Crippen LogP contribution in [0.2, 0.25) is 0 Å². The zero-order valence-corrected chi connectivity index (χ0v) is 13.3. The minimum atomic E-state index is 0.213. The molecule has 1 aromatic heterocycles. The molecular formula is C17H26N4O. The van der Waals surface area contributed by atoms with Crippen LogP contribution in [-0.2, 0) is 4.74 Å². The van der Waals surface area contributed by atoms with Crippen molar-refractivity contribution in [1.29, 1.82) is 0 Å². The molecule has 1 aromatic rings. The lowest BCUT2D eigenvalue weighted by molar-refractivity contribution is -0.139. The van der Waals surface area contributed by atoms with Gasteiger partial charge in [-0.3, -0.25) is 0 Å². The van der Waals surface area contributed by atoms with Crippen molar-refractivity contribution in [2.24, 2.45) is 16.1 Å². The van der Waals surface area contributed by atoms with Crippen molar-refractivity contribution >= 4 is 11.8 Å². The Balaban J connectivity index is 1.69. The number of aliphatic imine (C=N–C) groups is 1. The molecule has 0 aromatic carbocycles. The van der Waals surface area contributed by atoms with Gasteiger partial charge >= 0.3 is 0 Å². The molecule has 3 rings (SSSR count). The van der Waals surface area contributed by atoms with E-state index in [4.69, 9.17) is 15.5 Å². The van der Waals surface area contributed by atoms with Gasteiger partial charge in [-0.25, -0.2) is 9.98 Å². The van der Waals surface area contributed by atoms with Crippen LogP contribution in [0.3, 0.4) is 0 Å². The van der Waals surface area contributed by atoms with Gasteiger partial charge in [0, 0.05) is 18.2 Å². The van der Waals surface area contributed by atoms with Crippen LogP contribution in [0.1, 0.15) is 45.4 Å². The second-order valence-electron chi connectivity index (χ2n) is 6.34. The molecule has 0 amide bonds. The maximum Gasteiger partial charge on any atom is 0.194 e. The molecule has 3 N–H and O–H groups in total. The fraction of sp³-hybridized carbons (Fsp3) is 0.647. The number of ether oxygens (including phenoxy) is 1. The molecule has 0 aliphatic heterocycles. The Labute approximate surface area is 132 Å². The Morgan fingerprint density at radius 1 is 1.41 bits per heavy atom. The third-order valence-corrected chi connectivity index (χ3v) is 5.11. The quantitative estimate of drug-likeness (QED) is 0.662. The van der Waals surface area contributed by atoms with Gasteiger partial charge in [-0.15, -0.1) is 0 Å². The zero-order valence-electron chi connectivity index (χ0n) is 13.3. The molecule has 2 aliphatic rings. The predicted molar refractivity (Wildman–Crippen MR) is 88.8 cm³/mol. The topological polar surface area (TPSA) is 72.5 Å². The normalized spacial score (nSPS) is 27.4. The lowest BCUT2D eigenvalue weighted by atomic mass is 9.55. The Hall–Kier alpha value is -1.62. The van der Waals surface area contributed by atoms with Crippen molar-refractivity contribution in [1.82, 2.24) is 4.98 Å². The van der Waals surface area contributed by atoms with Crippen LogP contribution in [-0.4, -0.2) is 29.7 Å². The predicted octanol–water partition coefficient (Wildman–Crippen LogP) is 2.94. The number of rotatable bonds is 4. The summed E-state index contributed by atoms with van der Waals surface area (Å²) in [6.07, 6.45) is 9.40. The Morgan fingerprint density at radius 2 is 2.23 bits per heavy atom. The van der Waals surface area contributed by atoms with Gasteiger partial charge in [0.05, 0.1) is 12.1 Å². The smallest absolute Gasteiger partial charge is 0.194 e. The number of nitrogens with two attached hydrogens (primary N) is 1. The zero-order chi connectivity index (χ0) is 15.4. The summed E-state index contributed by atoms with van der Waals surface area (Å²) in [6, 6.07) is 5.98. The highest BCUT2D eigenvalue weighted by atomic mass is 16.5. The van der Waals surface area contributed by atoms with Gasteiger partial charge in [-0.05, 0) is 38.3 Å². The lowest BCUT2D eigenvalue weighted by Gasteiger charge is -2.55. The van der Waals surface area contributed by atoms with Crippen molar-refractivity contribution in [2.45, 2.75) is 57.6 Å². The largest absolute Gasteiger partial charge is 0.378 e. The number of pyridine rings is 1. The van der Waals surface area contributed by atoms with Gasteiger partial charge in [0.1, 0.15) is 5.82 Å². The summed E-state index contributed by atoms with van der Waals surface area (Å²) in [5.41, 5.74) is 6.30. The van der Waals surface area contributed by atoms with E-state index in [1.54, 1.807) is 6.20 Å². The van der Waals surface area contributed by atoms with E-state index in [1.165, 1.54) is 32.1 Å². The molecule has 5 nitrogen and oxygen atoms in total. The summed E-state index contributed by atoms with van der Waals surface area (Å²) in [7, 11) is 0. The summed E-state index contributed by atoms with van der Waals surface area (Å²) < 4.78 is 5.96. The minimum Gasteiger partial charge on any atom is -0.378 e. The molecule has 0 saturated heterocycles.